The largest absolute Gasteiger partial charge is 0.493 e. The lowest BCUT2D eigenvalue weighted by atomic mass is 10.1. The lowest BCUT2D eigenvalue weighted by molar-refractivity contribution is 0.199. The monoisotopic (exact) mass is 263 g/mol. The van der Waals surface area contributed by atoms with Gasteiger partial charge >= 0.3 is 0 Å². The number of hydrogen-bond donors (Lipinski definition) is 1. The lowest BCUT2D eigenvalue weighted by Gasteiger charge is -2.14. The van der Waals surface area contributed by atoms with E-state index in [-0.39, 0.29) is 0 Å². The minimum Gasteiger partial charge on any atom is -0.493 e. The summed E-state index contributed by atoms with van der Waals surface area (Å²) in [6.45, 7) is 11.0. The van der Waals surface area contributed by atoms with Crippen molar-refractivity contribution in [3.8, 4) is 5.75 Å². The van der Waals surface area contributed by atoms with Gasteiger partial charge in [0.25, 0.3) is 0 Å². The van der Waals surface area contributed by atoms with Crippen molar-refractivity contribution in [2.24, 2.45) is 0 Å². The van der Waals surface area contributed by atoms with Gasteiger partial charge in [0.1, 0.15) is 5.75 Å². The maximum absolute atomic E-state index is 5.79. The van der Waals surface area contributed by atoms with Crippen LogP contribution in [0.3, 0.4) is 0 Å². The summed E-state index contributed by atoms with van der Waals surface area (Å²) in [5.41, 5.74) is 3.65. The Morgan fingerprint density at radius 3 is 2.47 bits per heavy atom. The Bertz CT molecular complexity index is 379. The fraction of sp³-hybridized carbons (Fsp3) is 0.500. The second kappa shape index (κ2) is 8.73. The predicted octanol–water partition coefficient (Wildman–Crippen LogP) is 2.99. The van der Waals surface area contributed by atoms with Crippen molar-refractivity contribution in [3.05, 3.63) is 41.5 Å². The quantitative estimate of drug-likeness (QED) is 0.549. The highest BCUT2D eigenvalue weighted by Gasteiger charge is 2.06. The maximum atomic E-state index is 5.79. The molecular formula is C16H25NO2. The minimum absolute atomic E-state index is 0.691. The fourth-order valence-electron chi connectivity index (χ4n) is 2.02. The highest BCUT2D eigenvalue weighted by Crippen LogP contribution is 2.25. The Balaban J connectivity index is 2.59. The van der Waals surface area contributed by atoms with Crippen LogP contribution in [0.4, 0.5) is 0 Å². The standard InChI is InChI=1S/C16H25NO2/c1-5-6-8-19-16-13(2)10-15(11-14(16)3)12-17-7-9-18-4/h5,10-11,17H,1,6-9,12H2,2-4H3. The van der Waals surface area contributed by atoms with Crippen LogP contribution >= 0.6 is 0 Å². The summed E-state index contributed by atoms with van der Waals surface area (Å²) in [6.07, 6.45) is 2.75. The minimum atomic E-state index is 0.691. The van der Waals surface area contributed by atoms with E-state index in [9.17, 15) is 0 Å². The molecule has 0 amide bonds. The molecule has 0 atom stereocenters. The van der Waals surface area contributed by atoms with Crippen LogP contribution in [0.15, 0.2) is 24.8 Å². The van der Waals surface area contributed by atoms with Crippen LogP contribution in [0.2, 0.25) is 0 Å². The molecule has 106 valence electrons. The molecule has 0 fully saturated rings. The van der Waals surface area contributed by atoms with Crippen molar-refractivity contribution < 1.29 is 9.47 Å². The van der Waals surface area contributed by atoms with E-state index in [1.165, 1.54) is 16.7 Å². The second-order valence-corrected chi connectivity index (χ2v) is 4.65. The van der Waals surface area contributed by atoms with Gasteiger partial charge in [-0.3, -0.25) is 0 Å². The Morgan fingerprint density at radius 2 is 1.89 bits per heavy atom. The highest BCUT2D eigenvalue weighted by atomic mass is 16.5. The molecule has 0 aliphatic carbocycles. The van der Waals surface area contributed by atoms with Crippen LogP contribution in [0, 0.1) is 13.8 Å². The molecule has 3 nitrogen and oxygen atoms in total. The van der Waals surface area contributed by atoms with Crippen LogP contribution < -0.4 is 10.1 Å². The van der Waals surface area contributed by atoms with Gasteiger partial charge in [-0.1, -0.05) is 18.2 Å². The Morgan fingerprint density at radius 1 is 1.21 bits per heavy atom. The molecule has 0 bridgehead atoms. The molecule has 1 aromatic carbocycles. The average molecular weight is 263 g/mol. The van der Waals surface area contributed by atoms with Crippen molar-refractivity contribution in [2.75, 3.05) is 26.9 Å². The van der Waals surface area contributed by atoms with Gasteiger partial charge in [0.05, 0.1) is 13.2 Å². The smallest absolute Gasteiger partial charge is 0.125 e. The second-order valence-electron chi connectivity index (χ2n) is 4.65. The van der Waals surface area contributed by atoms with Gasteiger partial charge < -0.3 is 14.8 Å². The van der Waals surface area contributed by atoms with Crippen LogP contribution in [0.1, 0.15) is 23.1 Å². The van der Waals surface area contributed by atoms with Gasteiger partial charge in [-0.15, -0.1) is 6.58 Å². The number of rotatable bonds is 9. The molecule has 0 aromatic heterocycles. The van der Waals surface area contributed by atoms with Gasteiger partial charge in [0, 0.05) is 20.2 Å². The Hall–Kier alpha value is -1.32. The van der Waals surface area contributed by atoms with Crippen LogP contribution in [-0.4, -0.2) is 26.9 Å². The molecule has 0 heterocycles. The van der Waals surface area contributed by atoms with Gasteiger partial charge in [-0.25, -0.2) is 0 Å². The molecule has 1 N–H and O–H groups in total. The number of aryl methyl sites for hydroxylation is 2. The van der Waals surface area contributed by atoms with E-state index >= 15 is 0 Å². The predicted molar refractivity (Wildman–Crippen MR) is 79.8 cm³/mol. The first-order valence-corrected chi connectivity index (χ1v) is 6.72. The van der Waals surface area contributed by atoms with Crippen molar-refractivity contribution in [2.45, 2.75) is 26.8 Å². The van der Waals surface area contributed by atoms with Crippen LogP contribution in [0.5, 0.6) is 5.75 Å². The third kappa shape index (κ3) is 5.45. The first-order chi connectivity index (χ1) is 9.19. The van der Waals surface area contributed by atoms with Crippen LogP contribution in [-0.2, 0) is 11.3 Å². The highest BCUT2D eigenvalue weighted by molar-refractivity contribution is 5.43. The molecule has 0 radical (unpaired) electrons. The van der Waals surface area contributed by atoms with E-state index < -0.39 is 0 Å². The molecule has 1 rings (SSSR count). The van der Waals surface area contributed by atoms with E-state index in [0.29, 0.717) is 6.61 Å². The zero-order valence-electron chi connectivity index (χ0n) is 12.3. The summed E-state index contributed by atoms with van der Waals surface area (Å²) < 4.78 is 10.8. The maximum Gasteiger partial charge on any atom is 0.125 e. The van der Waals surface area contributed by atoms with E-state index in [0.717, 1.165) is 31.9 Å². The van der Waals surface area contributed by atoms with E-state index in [1.54, 1.807) is 7.11 Å². The third-order valence-electron chi connectivity index (χ3n) is 2.90. The van der Waals surface area contributed by atoms with Gasteiger partial charge in [-0.2, -0.15) is 0 Å². The zero-order valence-corrected chi connectivity index (χ0v) is 12.3. The molecule has 0 spiro atoms. The van der Waals surface area contributed by atoms with Crippen molar-refractivity contribution >= 4 is 0 Å². The Kier molecular flexibility index (Phi) is 7.23. The summed E-state index contributed by atoms with van der Waals surface area (Å²) in [7, 11) is 1.71. The summed E-state index contributed by atoms with van der Waals surface area (Å²) in [4.78, 5) is 0. The zero-order chi connectivity index (χ0) is 14.1. The summed E-state index contributed by atoms with van der Waals surface area (Å²) >= 11 is 0. The normalized spacial score (nSPS) is 10.5. The average Bonchev–Trinajstić information content (AvgIpc) is 2.38. The number of ether oxygens (including phenoxy) is 2. The molecule has 0 unspecified atom stereocenters. The van der Waals surface area contributed by atoms with Crippen molar-refractivity contribution in [3.63, 3.8) is 0 Å². The van der Waals surface area contributed by atoms with E-state index in [2.05, 4.69) is 37.9 Å². The number of benzene rings is 1. The topological polar surface area (TPSA) is 30.5 Å². The first-order valence-electron chi connectivity index (χ1n) is 6.72. The van der Waals surface area contributed by atoms with Crippen molar-refractivity contribution in [1.82, 2.24) is 5.32 Å². The summed E-state index contributed by atoms with van der Waals surface area (Å²) in [5.74, 6) is 1.00. The number of hydrogen-bond acceptors (Lipinski definition) is 3. The lowest BCUT2D eigenvalue weighted by Crippen LogP contribution is -2.18. The summed E-state index contributed by atoms with van der Waals surface area (Å²) in [6, 6.07) is 4.35. The van der Waals surface area contributed by atoms with Crippen molar-refractivity contribution in [1.29, 1.82) is 0 Å². The van der Waals surface area contributed by atoms with E-state index in [4.69, 9.17) is 9.47 Å². The summed E-state index contributed by atoms with van der Waals surface area (Å²) in [5, 5.41) is 3.35. The molecule has 0 aliphatic heterocycles. The van der Waals surface area contributed by atoms with Gasteiger partial charge in [0.2, 0.25) is 0 Å². The number of methoxy groups -OCH3 is 1. The van der Waals surface area contributed by atoms with Crippen LogP contribution in [0.25, 0.3) is 0 Å². The van der Waals surface area contributed by atoms with E-state index in [1.807, 2.05) is 6.08 Å². The molecule has 19 heavy (non-hydrogen) atoms. The molecule has 0 saturated carbocycles. The molecular weight excluding hydrogens is 238 g/mol. The van der Waals surface area contributed by atoms with Gasteiger partial charge in [-0.05, 0) is 37.0 Å². The molecule has 1 aromatic rings. The Labute approximate surface area is 116 Å². The molecule has 3 heteroatoms. The molecule has 0 aliphatic rings. The SMILES string of the molecule is C=CCCOc1c(C)cc(CNCCOC)cc1C. The third-order valence-corrected chi connectivity index (χ3v) is 2.90. The fourth-order valence-corrected chi connectivity index (χ4v) is 2.02. The van der Waals surface area contributed by atoms with Gasteiger partial charge in [0.15, 0.2) is 0 Å². The number of nitrogens with one attached hydrogen (secondary N) is 1. The molecule has 0 saturated heterocycles. The first kappa shape index (κ1) is 15.7.